The third-order valence-electron chi connectivity index (χ3n) is 2.39. The van der Waals surface area contributed by atoms with Gasteiger partial charge < -0.3 is 10.5 Å². The fraction of sp³-hybridized carbons (Fsp3) is 0.273. The van der Waals surface area contributed by atoms with E-state index in [0.29, 0.717) is 18.2 Å². The van der Waals surface area contributed by atoms with E-state index in [-0.39, 0.29) is 0 Å². The smallest absolute Gasteiger partial charge is 0.213 e. The normalized spacial score (nSPS) is 10.5. The van der Waals surface area contributed by atoms with Crippen molar-refractivity contribution in [3.8, 4) is 5.88 Å². The predicted octanol–water partition coefficient (Wildman–Crippen LogP) is 1.99. The van der Waals surface area contributed by atoms with Gasteiger partial charge >= 0.3 is 0 Å². The number of methoxy groups -OCH3 is 1. The summed E-state index contributed by atoms with van der Waals surface area (Å²) in [6, 6.07) is 5.60. The van der Waals surface area contributed by atoms with Crippen LogP contribution >= 0.6 is 15.9 Å². The van der Waals surface area contributed by atoms with Crippen molar-refractivity contribution in [2.24, 2.45) is 0 Å². The molecule has 0 aliphatic rings. The quantitative estimate of drug-likeness (QED) is 0.941. The Kier molecular flexibility index (Phi) is 3.33. The van der Waals surface area contributed by atoms with Crippen molar-refractivity contribution in [3.63, 3.8) is 0 Å². The Balaban J connectivity index is 2.28. The lowest BCUT2D eigenvalue weighted by molar-refractivity contribution is 0.395. The van der Waals surface area contributed by atoms with Crippen LogP contribution < -0.4 is 10.5 Å². The van der Waals surface area contributed by atoms with Gasteiger partial charge in [-0.1, -0.05) is 6.07 Å². The molecule has 0 fully saturated rings. The van der Waals surface area contributed by atoms with Crippen LogP contribution in [0.1, 0.15) is 11.4 Å². The third kappa shape index (κ3) is 2.41. The molecule has 2 heterocycles. The number of anilines is 1. The first kappa shape index (κ1) is 11.9. The molecule has 0 saturated heterocycles. The van der Waals surface area contributed by atoms with Gasteiger partial charge in [0.2, 0.25) is 5.88 Å². The number of rotatable bonds is 3. The maximum Gasteiger partial charge on any atom is 0.213 e. The highest BCUT2D eigenvalue weighted by molar-refractivity contribution is 9.10. The Morgan fingerprint density at radius 2 is 2.24 bits per heavy atom. The van der Waals surface area contributed by atoms with Crippen LogP contribution in [0.25, 0.3) is 0 Å². The Bertz CT molecular complexity index is 538. The first-order valence-electron chi connectivity index (χ1n) is 5.10. The van der Waals surface area contributed by atoms with E-state index in [1.165, 1.54) is 0 Å². The van der Waals surface area contributed by atoms with E-state index in [1.54, 1.807) is 17.9 Å². The number of nitrogens with two attached hydrogens (primary N) is 1. The second-order valence-corrected chi connectivity index (χ2v) is 4.41. The van der Waals surface area contributed by atoms with Crippen molar-refractivity contribution >= 4 is 21.7 Å². The number of ether oxygens (including phenoxy) is 1. The number of pyridine rings is 1. The van der Waals surface area contributed by atoms with E-state index in [4.69, 9.17) is 10.5 Å². The predicted molar refractivity (Wildman–Crippen MR) is 69.0 cm³/mol. The summed E-state index contributed by atoms with van der Waals surface area (Å²) in [7, 11) is 1.59. The van der Waals surface area contributed by atoms with Gasteiger partial charge in [-0.2, -0.15) is 5.10 Å². The van der Waals surface area contributed by atoms with Crippen molar-refractivity contribution in [3.05, 3.63) is 34.1 Å². The molecule has 0 saturated carbocycles. The molecule has 0 amide bonds. The van der Waals surface area contributed by atoms with Gasteiger partial charge in [-0.05, 0) is 28.9 Å². The van der Waals surface area contributed by atoms with Gasteiger partial charge in [-0.25, -0.2) is 9.67 Å². The first-order valence-corrected chi connectivity index (χ1v) is 5.89. The molecule has 2 aromatic rings. The lowest BCUT2D eigenvalue weighted by Gasteiger charge is -2.05. The first-order chi connectivity index (χ1) is 8.11. The maximum absolute atomic E-state index is 5.92. The molecule has 6 heteroatoms. The lowest BCUT2D eigenvalue weighted by Crippen LogP contribution is -2.07. The van der Waals surface area contributed by atoms with Crippen LogP contribution in [0.5, 0.6) is 5.88 Å². The largest absolute Gasteiger partial charge is 0.481 e. The van der Waals surface area contributed by atoms with E-state index in [0.717, 1.165) is 15.9 Å². The van der Waals surface area contributed by atoms with E-state index >= 15 is 0 Å². The minimum Gasteiger partial charge on any atom is -0.481 e. The lowest BCUT2D eigenvalue weighted by atomic mass is 10.3. The van der Waals surface area contributed by atoms with E-state index in [1.807, 2.05) is 19.1 Å². The SMILES string of the molecule is COc1cccc(Cn2nc(C)c(Br)c2N)n1. The van der Waals surface area contributed by atoms with Crippen molar-refractivity contribution in [2.45, 2.75) is 13.5 Å². The second kappa shape index (κ2) is 4.75. The highest BCUT2D eigenvalue weighted by atomic mass is 79.9. The molecule has 0 spiro atoms. The molecule has 5 nitrogen and oxygen atoms in total. The molecule has 0 aliphatic carbocycles. The Morgan fingerprint density at radius 1 is 1.47 bits per heavy atom. The van der Waals surface area contributed by atoms with Crippen LogP contribution in [0.2, 0.25) is 0 Å². The third-order valence-corrected chi connectivity index (χ3v) is 3.37. The van der Waals surface area contributed by atoms with Gasteiger partial charge in [0.05, 0.1) is 29.5 Å². The number of halogens is 1. The zero-order valence-electron chi connectivity index (χ0n) is 9.64. The fourth-order valence-corrected chi connectivity index (χ4v) is 1.79. The van der Waals surface area contributed by atoms with E-state index < -0.39 is 0 Å². The second-order valence-electron chi connectivity index (χ2n) is 3.61. The summed E-state index contributed by atoms with van der Waals surface area (Å²) in [4.78, 5) is 4.31. The molecule has 0 aromatic carbocycles. The summed E-state index contributed by atoms with van der Waals surface area (Å²) in [6.07, 6.45) is 0. The summed E-state index contributed by atoms with van der Waals surface area (Å²) in [6.45, 7) is 2.42. The minimum atomic E-state index is 0.523. The van der Waals surface area contributed by atoms with E-state index in [9.17, 15) is 0 Å². The molecule has 2 aromatic heterocycles. The Hall–Kier alpha value is -1.56. The standard InChI is InChI=1S/C11H13BrN4O/c1-7-10(12)11(13)16(15-7)6-8-4-3-5-9(14-8)17-2/h3-5H,6,13H2,1-2H3. The molecule has 0 atom stereocenters. The van der Waals surface area contributed by atoms with Gasteiger partial charge in [0.25, 0.3) is 0 Å². The summed E-state index contributed by atoms with van der Waals surface area (Å²) in [5.41, 5.74) is 7.64. The number of aromatic nitrogens is 3. The molecule has 90 valence electrons. The van der Waals surface area contributed by atoms with Crippen LogP contribution in [0.15, 0.2) is 22.7 Å². The van der Waals surface area contributed by atoms with Crippen LogP contribution in [0, 0.1) is 6.92 Å². The average Bonchev–Trinajstić information content (AvgIpc) is 2.57. The Morgan fingerprint density at radius 3 is 2.82 bits per heavy atom. The maximum atomic E-state index is 5.92. The Labute approximate surface area is 108 Å². The number of aryl methyl sites for hydroxylation is 1. The number of nitrogens with zero attached hydrogens (tertiary/aromatic N) is 3. The summed E-state index contributed by atoms with van der Waals surface area (Å²) in [5, 5.41) is 4.32. The number of hydrogen-bond acceptors (Lipinski definition) is 4. The molecule has 0 aliphatic heterocycles. The summed E-state index contributed by atoms with van der Waals surface area (Å²) < 4.78 is 7.61. The molecule has 2 rings (SSSR count). The number of nitrogen functional groups attached to an aromatic ring is 1. The summed E-state index contributed by atoms with van der Waals surface area (Å²) in [5.74, 6) is 1.19. The monoisotopic (exact) mass is 296 g/mol. The molecular formula is C11H13BrN4O. The fourth-order valence-electron chi connectivity index (χ4n) is 1.51. The van der Waals surface area contributed by atoms with E-state index in [2.05, 4.69) is 26.0 Å². The molecule has 0 unspecified atom stereocenters. The molecule has 0 radical (unpaired) electrons. The van der Waals surface area contributed by atoms with Gasteiger partial charge in [0.1, 0.15) is 5.82 Å². The molecular weight excluding hydrogens is 284 g/mol. The van der Waals surface area contributed by atoms with Crippen LogP contribution in [-0.4, -0.2) is 21.9 Å². The molecule has 2 N–H and O–H groups in total. The van der Waals surface area contributed by atoms with Crippen LogP contribution in [0.4, 0.5) is 5.82 Å². The minimum absolute atomic E-state index is 0.523. The molecule has 0 bridgehead atoms. The number of hydrogen-bond donors (Lipinski definition) is 1. The topological polar surface area (TPSA) is 66.0 Å². The van der Waals surface area contributed by atoms with Gasteiger partial charge in [-0.15, -0.1) is 0 Å². The van der Waals surface area contributed by atoms with Crippen molar-refractivity contribution in [1.29, 1.82) is 0 Å². The van der Waals surface area contributed by atoms with Gasteiger partial charge in [0.15, 0.2) is 0 Å². The van der Waals surface area contributed by atoms with Crippen molar-refractivity contribution < 1.29 is 4.74 Å². The zero-order valence-corrected chi connectivity index (χ0v) is 11.2. The highest BCUT2D eigenvalue weighted by Gasteiger charge is 2.10. The summed E-state index contributed by atoms with van der Waals surface area (Å²) >= 11 is 3.39. The van der Waals surface area contributed by atoms with Gasteiger partial charge in [0, 0.05) is 6.07 Å². The zero-order chi connectivity index (χ0) is 12.4. The van der Waals surface area contributed by atoms with Crippen LogP contribution in [-0.2, 0) is 6.54 Å². The van der Waals surface area contributed by atoms with Crippen molar-refractivity contribution in [1.82, 2.24) is 14.8 Å². The highest BCUT2D eigenvalue weighted by Crippen LogP contribution is 2.23. The molecule has 17 heavy (non-hydrogen) atoms. The van der Waals surface area contributed by atoms with Crippen LogP contribution in [0.3, 0.4) is 0 Å². The van der Waals surface area contributed by atoms with Crippen molar-refractivity contribution in [2.75, 3.05) is 12.8 Å². The van der Waals surface area contributed by atoms with Gasteiger partial charge in [-0.3, -0.25) is 0 Å². The average molecular weight is 297 g/mol.